The lowest BCUT2D eigenvalue weighted by Gasteiger charge is -2.17. The molecule has 0 saturated heterocycles. The summed E-state index contributed by atoms with van der Waals surface area (Å²) in [4.78, 5) is 13.5. The molecule has 0 fully saturated rings. The van der Waals surface area contributed by atoms with Crippen LogP contribution in [0, 0.1) is 0 Å². The number of ether oxygens (including phenoxy) is 4. The molecule has 0 saturated carbocycles. The SMILES string of the molecule is CCCCOc1cc(CC)cc(/C=C/C(=O)c2cccc(OCCCC)c2OCCCC)c1OCCCC. The lowest BCUT2D eigenvalue weighted by molar-refractivity contribution is 0.104. The molecule has 210 valence electrons. The molecule has 0 atom stereocenters. The quantitative estimate of drug-likeness (QED) is 0.0983. The Balaban J connectivity index is 2.42. The Morgan fingerprint density at radius 2 is 1.24 bits per heavy atom. The van der Waals surface area contributed by atoms with E-state index in [4.69, 9.17) is 18.9 Å². The molecule has 0 spiro atoms. The minimum atomic E-state index is -0.132. The summed E-state index contributed by atoms with van der Waals surface area (Å²) in [6, 6.07) is 9.68. The first-order valence-corrected chi connectivity index (χ1v) is 14.6. The first-order valence-electron chi connectivity index (χ1n) is 14.6. The van der Waals surface area contributed by atoms with Gasteiger partial charge in [-0.2, -0.15) is 0 Å². The van der Waals surface area contributed by atoms with Crippen molar-refractivity contribution in [3.63, 3.8) is 0 Å². The Morgan fingerprint density at radius 1 is 0.684 bits per heavy atom. The van der Waals surface area contributed by atoms with Crippen molar-refractivity contribution < 1.29 is 23.7 Å². The lowest BCUT2D eigenvalue weighted by Crippen LogP contribution is -2.07. The van der Waals surface area contributed by atoms with Gasteiger partial charge in [-0.15, -0.1) is 0 Å². The Hall–Kier alpha value is -2.95. The second-order valence-electron chi connectivity index (χ2n) is 9.50. The van der Waals surface area contributed by atoms with Crippen LogP contribution in [0.5, 0.6) is 23.0 Å². The number of carbonyl (C=O) groups is 1. The van der Waals surface area contributed by atoms with E-state index in [1.807, 2.05) is 18.2 Å². The molecule has 38 heavy (non-hydrogen) atoms. The van der Waals surface area contributed by atoms with Crippen LogP contribution >= 0.6 is 0 Å². The van der Waals surface area contributed by atoms with Crippen LogP contribution in [0.15, 0.2) is 36.4 Å². The maximum Gasteiger partial charge on any atom is 0.189 e. The van der Waals surface area contributed by atoms with E-state index in [2.05, 4.69) is 46.8 Å². The van der Waals surface area contributed by atoms with Gasteiger partial charge in [0.1, 0.15) is 0 Å². The molecular formula is C33H48O5. The summed E-state index contributed by atoms with van der Waals surface area (Å²) in [5.74, 6) is 2.46. The fraction of sp³-hybridized carbons (Fsp3) is 0.545. The summed E-state index contributed by atoms with van der Waals surface area (Å²) in [6.07, 6.45) is 12.3. The molecule has 0 amide bonds. The minimum absolute atomic E-state index is 0.132. The van der Waals surface area contributed by atoms with Crippen molar-refractivity contribution in [3.05, 3.63) is 53.1 Å². The van der Waals surface area contributed by atoms with Gasteiger partial charge in [0.15, 0.2) is 28.8 Å². The van der Waals surface area contributed by atoms with Crippen molar-refractivity contribution >= 4 is 11.9 Å². The van der Waals surface area contributed by atoms with E-state index < -0.39 is 0 Å². The van der Waals surface area contributed by atoms with Crippen molar-refractivity contribution in [1.29, 1.82) is 0 Å². The zero-order chi connectivity index (χ0) is 27.6. The molecule has 2 aromatic rings. The van der Waals surface area contributed by atoms with Gasteiger partial charge in [0.2, 0.25) is 0 Å². The summed E-state index contributed by atoms with van der Waals surface area (Å²) in [6.45, 7) is 13.0. The van der Waals surface area contributed by atoms with Gasteiger partial charge >= 0.3 is 0 Å². The smallest absolute Gasteiger partial charge is 0.189 e. The van der Waals surface area contributed by atoms with Gasteiger partial charge in [-0.3, -0.25) is 4.79 Å². The number of allylic oxidation sites excluding steroid dienone is 1. The summed E-state index contributed by atoms with van der Waals surface area (Å²) in [5.41, 5.74) is 2.50. The van der Waals surface area contributed by atoms with E-state index >= 15 is 0 Å². The van der Waals surface area contributed by atoms with Gasteiger partial charge in [0.25, 0.3) is 0 Å². The summed E-state index contributed by atoms with van der Waals surface area (Å²) >= 11 is 0. The number of unbranched alkanes of at least 4 members (excludes halogenated alkanes) is 4. The van der Waals surface area contributed by atoms with Gasteiger partial charge in [0, 0.05) is 5.56 Å². The standard InChI is InChI=1S/C33H48O5/c1-6-11-20-35-30-17-15-16-28(33(30)38-23-14-9-4)29(34)19-18-27-24-26(10-5)25-31(36-21-12-7-2)32(27)37-22-13-8-3/h15-19,24-25H,6-14,20-23H2,1-5H3/b19-18+. The Labute approximate surface area is 230 Å². The molecule has 0 aliphatic rings. The number of aryl methyl sites for hydroxylation is 1. The van der Waals surface area contributed by atoms with Crippen LogP contribution in [-0.4, -0.2) is 32.2 Å². The van der Waals surface area contributed by atoms with Gasteiger partial charge < -0.3 is 18.9 Å². The molecule has 2 rings (SSSR count). The zero-order valence-electron chi connectivity index (χ0n) is 24.3. The molecule has 5 nitrogen and oxygen atoms in total. The third-order valence-electron chi connectivity index (χ3n) is 6.21. The molecule has 0 aliphatic heterocycles. The number of carbonyl (C=O) groups excluding carboxylic acids is 1. The summed E-state index contributed by atoms with van der Waals surface area (Å²) in [7, 11) is 0. The maximum absolute atomic E-state index is 13.5. The maximum atomic E-state index is 13.5. The minimum Gasteiger partial charge on any atom is -0.490 e. The van der Waals surface area contributed by atoms with Crippen molar-refractivity contribution in [2.75, 3.05) is 26.4 Å². The molecule has 0 heterocycles. The fourth-order valence-corrected chi connectivity index (χ4v) is 3.79. The van der Waals surface area contributed by atoms with Gasteiger partial charge in [-0.05, 0) is 74.1 Å². The highest BCUT2D eigenvalue weighted by atomic mass is 16.5. The normalized spacial score (nSPS) is 11.1. The Bertz CT molecular complexity index is 995. The molecule has 0 unspecified atom stereocenters. The number of hydrogen-bond acceptors (Lipinski definition) is 5. The van der Waals surface area contributed by atoms with E-state index in [1.54, 1.807) is 12.1 Å². The van der Waals surface area contributed by atoms with E-state index in [0.29, 0.717) is 49.2 Å². The summed E-state index contributed by atoms with van der Waals surface area (Å²) < 4.78 is 24.4. The van der Waals surface area contributed by atoms with Crippen LogP contribution in [0.3, 0.4) is 0 Å². The largest absolute Gasteiger partial charge is 0.490 e. The average Bonchev–Trinajstić information content (AvgIpc) is 2.93. The van der Waals surface area contributed by atoms with Crippen molar-refractivity contribution in [2.45, 2.75) is 92.4 Å². The van der Waals surface area contributed by atoms with E-state index in [9.17, 15) is 4.79 Å². The Kier molecular flexibility index (Phi) is 15.1. The number of ketones is 1. The topological polar surface area (TPSA) is 54.0 Å². The van der Waals surface area contributed by atoms with Crippen molar-refractivity contribution in [2.24, 2.45) is 0 Å². The van der Waals surface area contributed by atoms with Gasteiger partial charge in [-0.25, -0.2) is 0 Å². The molecule has 0 aliphatic carbocycles. The highest BCUT2D eigenvalue weighted by Crippen LogP contribution is 2.36. The number of benzene rings is 2. The molecule has 2 aromatic carbocycles. The van der Waals surface area contributed by atoms with Crippen LogP contribution in [0.1, 0.15) is 107 Å². The predicted octanol–water partition coefficient (Wildman–Crippen LogP) is 8.86. The van der Waals surface area contributed by atoms with Crippen molar-refractivity contribution in [1.82, 2.24) is 0 Å². The van der Waals surface area contributed by atoms with E-state index in [1.165, 1.54) is 0 Å². The second-order valence-corrected chi connectivity index (χ2v) is 9.50. The predicted molar refractivity (Wildman–Crippen MR) is 157 cm³/mol. The molecule has 5 heteroatoms. The summed E-state index contributed by atoms with van der Waals surface area (Å²) in [5, 5.41) is 0. The highest BCUT2D eigenvalue weighted by Gasteiger charge is 2.17. The van der Waals surface area contributed by atoms with Gasteiger partial charge in [0.05, 0.1) is 32.0 Å². The van der Waals surface area contributed by atoms with Crippen molar-refractivity contribution in [3.8, 4) is 23.0 Å². The number of rotatable bonds is 20. The van der Waals surface area contributed by atoms with Crippen LogP contribution < -0.4 is 18.9 Å². The lowest BCUT2D eigenvalue weighted by atomic mass is 10.0. The first-order chi connectivity index (χ1) is 18.6. The molecule has 0 aromatic heterocycles. The van der Waals surface area contributed by atoms with Crippen LogP contribution in [0.2, 0.25) is 0 Å². The van der Waals surface area contributed by atoms with Crippen LogP contribution in [-0.2, 0) is 6.42 Å². The van der Waals surface area contributed by atoms with E-state index in [0.717, 1.165) is 74.7 Å². The molecule has 0 radical (unpaired) electrons. The third-order valence-corrected chi connectivity index (χ3v) is 6.21. The second kappa shape index (κ2) is 18.3. The van der Waals surface area contributed by atoms with Crippen LogP contribution in [0.25, 0.3) is 6.08 Å². The van der Waals surface area contributed by atoms with E-state index in [-0.39, 0.29) is 5.78 Å². The monoisotopic (exact) mass is 524 g/mol. The third kappa shape index (κ3) is 10.1. The highest BCUT2D eigenvalue weighted by molar-refractivity contribution is 6.09. The zero-order valence-corrected chi connectivity index (χ0v) is 24.3. The molecular weight excluding hydrogens is 476 g/mol. The van der Waals surface area contributed by atoms with Crippen LogP contribution in [0.4, 0.5) is 0 Å². The number of hydrogen-bond donors (Lipinski definition) is 0. The fourth-order valence-electron chi connectivity index (χ4n) is 3.79. The molecule has 0 N–H and O–H groups in total. The van der Waals surface area contributed by atoms with Gasteiger partial charge in [-0.1, -0.05) is 66.4 Å². The number of para-hydroxylation sites is 1. The Morgan fingerprint density at radius 3 is 1.82 bits per heavy atom. The molecule has 0 bridgehead atoms. The average molecular weight is 525 g/mol. The first kappa shape index (κ1) is 31.3.